The second-order valence-electron chi connectivity index (χ2n) is 2.31. The molecule has 4 nitrogen and oxygen atoms in total. The lowest BCUT2D eigenvalue weighted by molar-refractivity contribution is 0.0789. The van der Waals surface area contributed by atoms with Crippen LogP contribution in [0.25, 0.3) is 0 Å². The first-order valence-corrected chi connectivity index (χ1v) is 4.57. The van der Waals surface area contributed by atoms with E-state index >= 15 is 0 Å². The summed E-state index contributed by atoms with van der Waals surface area (Å²) in [6.07, 6.45) is 6.58. The highest BCUT2D eigenvalue weighted by atomic mass is 32.1. The predicted molar refractivity (Wildman–Crippen MR) is 50.3 cm³/mol. The maximum absolute atomic E-state index is 11.6. The van der Waals surface area contributed by atoms with Gasteiger partial charge in [-0.25, -0.2) is 0 Å². The topological polar surface area (TPSA) is 46.1 Å². The average molecular weight is 195 g/mol. The Morgan fingerprint density at radius 1 is 1.85 bits per heavy atom. The Morgan fingerprint density at radius 2 is 2.62 bits per heavy atom. The lowest BCUT2D eigenvalue weighted by Gasteiger charge is -2.15. The van der Waals surface area contributed by atoms with Gasteiger partial charge < -0.3 is 4.90 Å². The van der Waals surface area contributed by atoms with E-state index in [-0.39, 0.29) is 5.91 Å². The van der Waals surface area contributed by atoms with E-state index in [1.54, 1.807) is 4.90 Å². The Balaban J connectivity index is 2.72. The number of hydrogen-bond donors (Lipinski definition) is 0. The molecule has 0 aliphatic rings. The summed E-state index contributed by atoms with van der Waals surface area (Å²) in [7, 11) is 0. The van der Waals surface area contributed by atoms with Crippen molar-refractivity contribution < 1.29 is 4.79 Å². The summed E-state index contributed by atoms with van der Waals surface area (Å²) in [5.41, 5.74) is 0. The largest absolute Gasteiger partial charge is 0.327 e. The first-order valence-electron chi connectivity index (χ1n) is 3.79. The molecule has 0 fully saturated rings. The zero-order valence-electron chi connectivity index (χ0n) is 7.23. The minimum Gasteiger partial charge on any atom is -0.327 e. The van der Waals surface area contributed by atoms with Crippen LogP contribution in [0, 0.1) is 12.3 Å². The van der Waals surface area contributed by atoms with Crippen LogP contribution < -0.4 is 0 Å². The number of aromatic nitrogens is 2. The van der Waals surface area contributed by atoms with Crippen molar-refractivity contribution in [2.75, 3.05) is 13.1 Å². The first kappa shape index (κ1) is 9.68. The molecule has 1 aromatic heterocycles. The van der Waals surface area contributed by atoms with E-state index in [9.17, 15) is 4.79 Å². The van der Waals surface area contributed by atoms with Crippen LogP contribution in [-0.2, 0) is 0 Å². The van der Waals surface area contributed by atoms with Gasteiger partial charge in [0.25, 0.3) is 5.91 Å². The Bertz CT molecular complexity index is 315. The van der Waals surface area contributed by atoms with E-state index in [1.165, 1.54) is 6.20 Å². The molecule has 0 saturated heterocycles. The molecule has 0 aromatic carbocycles. The van der Waals surface area contributed by atoms with Crippen LogP contribution in [0.15, 0.2) is 6.20 Å². The van der Waals surface area contributed by atoms with Gasteiger partial charge in [-0.15, -0.1) is 11.5 Å². The van der Waals surface area contributed by atoms with Gasteiger partial charge >= 0.3 is 0 Å². The van der Waals surface area contributed by atoms with Crippen LogP contribution in [-0.4, -0.2) is 33.5 Å². The summed E-state index contributed by atoms with van der Waals surface area (Å²) >= 11 is 1.08. The fraction of sp³-hybridized carbons (Fsp3) is 0.375. The summed E-state index contributed by atoms with van der Waals surface area (Å²) in [6.45, 7) is 2.80. The summed E-state index contributed by atoms with van der Waals surface area (Å²) < 4.78 is 3.61. The van der Waals surface area contributed by atoms with Gasteiger partial charge in [0.15, 0.2) is 0 Å². The highest BCUT2D eigenvalue weighted by Gasteiger charge is 2.14. The van der Waals surface area contributed by atoms with Gasteiger partial charge in [0.05, 0.1) is 12.7 Å². The number of nitrogens with zero attached hydrogens (tertiary/aromatic N) is 3. The molecule has 1 rings (SSSR count). The quantitative estimate of drug-likeness (QED) is 0.665. The van der Waals surface area contributed by atoms with Crippen molar-refractivity contribution in [3.8, 4) is 12.3 Å². The van der Waals surface area contributed by atoms with E-state index in [0.717, 1.165) is 11.5 Å². The third kappa shape index (κ3) is 2.26. The van der Waals surface area contributed by atoms with Crippen molar-refractivity contribution >= 4 is 17.4 Å². The predicted octanol–water partition coefficient (Wildman–Crippen LogP) is 0.633. The third-order valence-electron chi connectivity index (χ3n) is 1.52. The number of amides is 1. The average Bonchev–Trinajstić information content (AvgIpc) is 2.65. The molecule has 1 amide bonds. The lowest BCUT2D eigenvalue weighted by atomic mass is 10.4. The van der Waals surface area contributed by atoms with Crippen LogP contribution in [0.2, 0.25) is 0 Å². The van der Waals surface area contributed by atoms with Crippen molar-refractivity contribution in [3.63, 3.8) is 0 Å². The van der Waals surface area contributed by atoms with E-state index < -0.39 is 0 Å². The van der Waals surface area contributed by atoms with Gasteiger partial charge in [0.2, 0.25) is 0 Å². The molecular weight excluding hydrogens is 186 g/mol. The van der Waals surface area contributed by atoms with E-state index in [4.69, 9.17) is 6.42 Å². The van der Waals surface area contributed by atoms with Gasteiger partial charge in [0, 0.05) is 6.54 Å². The van der Waals surface area contributed by atoms with Crippen LogP contribution in [0.4, 0.5) is 0 Å². The minimum atomic E-state index is -0.101. The van der Waals surface area contributed by atoms with Crippen molar-refractivity contribution in [2.24, 2.45) is 0 Å². The standard InChI is InChI=1S/C8H9N3OS/c1-3-5-11(4-2)8(12)7-6-9-10-13-7/h1,6H,4-5H2,2H3. The smallest absolute Gasteiger partial charge is 0.268 e. The molecule has 13 heavy (non-hydrogen) atoms. The highest BCUT2D eigenvalue weighted by Crippen LogP contribution is 2.06. The molecule has 1 aromatic rings. The van der Waals surface area contributed by atoms with Gasteiger partial charge in [-0.3, -0.25) is 4.79 Å². The molecule has 0 atom stereocenters. The molecule has 0 aliphatic carbocycles. The van der Waals surface area contributed by atoms with Gasteiger partial charge in [-0.1, -0.05) is 10.4 Å². The van der Waals surface area contributed by atoms with Crippen LogP contribution in [0.3, 0.4) is 0 Å². The fourth-order valence-corrected chi connectivity index (χ4v) is 1.34. The molecule has 0 radical (unpaired) electrons. The summed E-state index contributed by atoms with van der Waals surface area (Å²) in [5.74, 6) is 2.33. The molecule has 1 heterocycles. The van der Waals surface area contributed by atoms with Crippen LogP contribution >= 0.6 is 11.5 Å². The molecule has 0 unspecified atom stereocenters. The van der Waals surface area contributed by atoms with E-state index in [2.05, 4.69) is 15.5 Å². The van der Waals surface area contributed by atoms with Crippen molar-refractivity contribution in [3.05, 3.63) is 11.1 Å². The van der Waals surface area contributed by atoms with Crippen molar-refractivity contribution in [2.45, 2.75) is 6.92 Å². The van der Waals surface area contributed by atoms with Gasteiger partial charge in [-0.05, 0) is 18.5 Å². The van der Waals surface area contributed by atoms with E-state index in [0.29, 0.717) is 18.0 Å². The maximum Gasteiger partial charge on any atom is 0.268 e. The zero-order valence-corrected chi connectivity index (χ0v) is 8.04. The van der Waals surface area contributed by atoms with Crippen LogP contribution in [0.5, 0.6) is 0 Å². The fourth-order valence-electron chi connectivity index (χ4n) is 0.855. The Labute approximate surface area is 80.7 Å². The Kier molecular flexibility index (Phi) is 3.41. The first-order chi connectivity index (χ1) is 6.29. The summed E-state index contributed by atoms with van der Waals surface area (Å²) in [6, 6.07) is 0. The molecule has 0 bridgehead atoms. The molecule has 0 aliphatic heterocycles. The molecule has 0 spiro atoms. The second-order valence-corrected chi connectivity index (χ2v) is 3.09. The third-order valence-corrected chi connectivity index (χ3v) is 2.18. The molecule has 0 N–H and O–H groups in total. The second kappa shape index (κ2) is 4.58. The molecular formula is C8H9N3OS. The normalized spacial score (nSPS) is 9.23. The summed E-state index contributed by atoms with van der Waals surface area (Å²) in [4.78, 5) is 13.7. The number of terminal acetylenes is 1. The molecule has 68 valence electrons. The number of rotatable bonds is 3. The maximum atomic E-state index is 11.6. The van der Waals surface area contributed by atoms with Gasteiger partial charge in [-0.2, -0.15) is 0 Å². The molecule has 0 saturated carbocycles. The minimum absolute atomic E-state index is 0.101. The SMILES string of the molecule is C#CCN(CC)C(=O)c1cnns1. The number of hydrogen-bond acceptors (Lipinski definition) is 4. The zero-order chi connectivity index (χ0) is 9.68. The number of carbonyl (C=O) groups excluding carboxylic acids is 1. The Morgan fingerprint density at radius 3 is 3.08 bits per heavy atom. The monoisotopic (exact) mass is 195 g/mol. The molecule has 5 heteroatoms. The number of carbonyl (C=O) groups is 1. The highest BCUT2D eigenvalue weighted by molar-refractivity contribution is 7.07. The van der Waals surface area contributed by atoms with E-state index in [1.807, 2.05) is 6.92 Å². The van der Waals surface area contributed by atoms with Gasteiger partial charge in [0.1, 0.15) is 4.88 Å². The van der Waals surface area contributed by atoms with Crippen LogP contribution in [0.1, 0.15) is 16.6 Å². The Hall–Kier alpha value is -1.41. The van der Waals surface area contributed by atoms with Crippen molar-refractivity contribution in [1.82, 2.24) is 14.5 Å². The van der Waals surface area contributed by atoms with Crippen molar-refractivity contribution in [1.29, 1.82) is 0 Å². The summed E-state index contributed by atoms with van der Waals surface area (Å²) in [5, 5.41) is 3.59. The lowest BCUT2D eigenvalue weighted by Crippen LogP contribution is -2.30.